The van der Waals surface area contributed by atoms with Gasteiger partial charge in [0.1, 0.15) is 17.9 Å². The average molecular weight is 400 g/mol. The molecule has 0 saturated carbocycles. The Morgan fingerprint density at radius 3 is 2.46 bits per heavy atom. The highest BCUT2D eigenvalue weighted by molar-refractivity contribution is 9.11. The molecule has 24 heavy (non-hydrogen) atoms. The molecule has 1 aromatic carbocycles. The summed E-state index contributed by atoms with van der Waals surface area (Å²) in [6, 6.07) is 3.77. The van der Waals surface area contributed by atoms with E-state index in [0.717, 1.165) is 0 Å². The Morgan fingerprint density at radius 1 is 1.29 bits per heavy atom. The first kappa shape index (κ1) is 19.8. The molecule has 0 spiro atoms. The van der Waals surface area contributed by atoms with Crippen molar-refractivity contribution in [1.82, 2.24) is 10.6 Å². The number of benzene rings is 1. The van der Waals surface area contributed by atoms with Gasteiger partial charge in [0.2, 0.25) is 17.7 Å². The molecule has 1 rings (SSSR count). The first-order chi connectivity index (χ1) is 11.2. The van der Waals surface area contributed by atoms with E-state index >= 15 is 0 Å². The lowest BCUT2D eigenvalue weighted by Crippen LogP contribution is -2.53. The van der Waals surface area contributed by atoms with E-state index in [-0.39, 0.29) is 12.8 Å². The predicted molar refractivity (Wildman–Crippen MR) is 91.5 cm³/mol. The minimum atomic E-state index is -0.965. The molecule has 3 amide bonds. The van der Waals surface area contributed by atoms with E-state index in [9.17, 15) is 18.8 Å². The van der Waals surface area contributed by atoms with E-state index in [0.29, 0.717) is 10.0 Å². The quantitative estimate of drug-likeness (QED) is 0.610. The predicted octanol–water partition coefficient (Wildman–Crippen LogP) is 1.14. The molecular formula is C16H19BrFN3O3. The van der Waals surface area contributed by atoms with Gasteiger partial charge >= 0.3 is 0 Å². The third-order valence-corrected chi connectivity index (χ3v) is 3.43. The number of rotatable bonds is 8. The molecule has 0 saturated heterocycles. The van der Waals surface area contributed by atoms with Crippen LogP contribution in [0.5, 0.6) is 0 Å². The number of hydrogen-bond donors (Lipinski definition) is 3. The van der Waals surface area contributed by atoms with Gasteiger partial charge < -0.3 is 16.4 Å². The van der Waals surface area contributed by atoms with Crippen molar-refractivity contribution >= 4 is 33.7 Å². The van der Waals surface area contributed by atoms with Crippen LogP contribution in [0, 0.1) is 5.82 Å². The highest BCUT2D eigenvalue weighted by Gasteiger charge is 2.25. The monoisotopic (exact) mass is 399 g/mol. The maximum atomic E-state index is 13.3. The normalized spacial score (nSPS) is 12.8. The number of carbonyl (C=O) groups excluding carboxylic acids is 3. The van der Waals surface area contributed by atoms with Gasteiger partial charge in [-0.3, -0.25) is 14.4 Å². The molecule has 0 aliphatic rings. The van der Waals surface area contributed by atoms with Crippen LogP contribution >= 0.6 is 15.9 Å². The van der Waals surface area contributed by atoms with Crippen molar-refractivity contribution in [3.05, 3.63) is 46.7 Å². The molecule has 2 atom stereocenters. The molecule has 0 aliphatic heterocycles. The molecule has 0 aromatic heterocycles. The zero-order chi connectivity index (χ0) is 18.3. The number of amides is 3. The number of nitrogens with one attached hydrogen (secondary N) is 2. The lowest BCUT2D eigenvalue weighted by atomic mass is 10.0. The van der Waals surface area contributed by atoms with Gasteiger partial charge in [-0.25, -0.2) is 4.39 Å². The maximum Gasteiger partial charge on any atom is 0.243 e. The van der Waals surface area contributed by atoms with Crippen LogP contribution < -0.4 is 16.4 Å². The van der Waals surface area contributed by atoms with Crippen molar-refractivity contribution in [3.8, 4) is 0 Å². The smallest absolute Gasteiger partial charge is 0.243 e. The van der Waals surface area contributed by atoms with E-state index in [1.807, 2.05) is 0 Å². The Morgan fingerprint density at radius 2 is 1.96 bits per heavy atom. The van der Waals surface area contributed by atoms with Crippen LogP contribution in [0.2, 0.25) is 0 Å². The Hall–Kier alpha value is -2.22. The molecule has 0 aliphatic carbocycles. The second-order valence-corrected chi connectivity index (χ2v) is 6.39. The third-order valence-electron chi connectivity index (χ3n) is 3.11. The molecule has 130 valence electrons. The van der Waals surface area contributed by atoms with Crippen molar-refractivity contribution in [2.75, 3.05) is 0 Å². The second kappa shape index (κ2) is 9.17. The Bertz CT molecular complexity index is 651. The average Bonchev–Trinajstić information content (AvgIpc) is 2.44. The van der Waals surface area contributed by atoms with Crippen LogP contribution in [-0.2, 0) is 20.8 Å². The fraction of sp³-hybridized carbons (Fsp3) is 0.312. The number of halogens is 2. The number of nitrogens with two attached hydrogens (primary N) is 1. The summed E-state index contributed by atoms with van der Waals surface area (Å²) in [5, 5.41) is 4.96. The number of hydrogen-bond acceptors (Lipinski definition) is 3. The van der Waals surface area contributed by atoms with Crippen molar-refractivity contribution in [2.45, 2.75) is 31.8 Å². The summed E-state index contributed by atoms with van der Waals surface area (Å²) in [6.45, 7) is 4.86. The maximum absolute atomic E-state index is 13.3. The van der Waals surface area contributed by atoms with E-state index in [4.69, 9.17) is 5.73 Å². The van der Waals surface area contributed by atoms with Crippen molar-refractivity contribution in [3.63, 3.8) is 0 Å². The van der Waals surface area contributed by atoms with Crippen LogP contribution in [0.25, 0.3) is 0 Å². The van der Waals surface area contributed by atoms with Crippen molar-refractivity contribution in [1.29, 1.82) is 0 Å². The molecule has 4 N–H and O–H groups in total. The van der Waals surface area contributed by atoms with Crippen molar-refractivity contribution < 1.29 is 18.8 Å². The van der Waals surface area contributed by atoms with E-state index in [1.54, 1.807) is 6.07 Å². The minimum absolute atomic E-state index is 0.0733. The molecule has 8 heteroatoms. The molecule has 1 aromatic rings. The van der Waals surface area contributed by atoms with Gasteiger partial charge in [-0.2, -0.15) is 0 Å². The summed E-state index contributed by atoms with van der Waals surface area (Å²) in [7, 11) is 0. The summed E-state index contributed by atoms with van der Waals surface area (Å²) < 4.78 is 13.8. The summed E-state index contributed by atoms with van der Waals surface area (Å²) in [5.74, 6) is -2.18. The molecule has 0 fully saturated rings. The molecule has 0 radical (unpaired) electrons. The molecular weight excluding hydrogens is 381 g/mol. The topological polar surface area (TPSA) is 101 Å². The third kappa shape index (κ3) is 6.91. The largest absolute Gasteiger partial charge is 0.368 e. The van der Waals surface area contributed by atoms with Gasteiger partial charge in [0, 0.05) is 19.8 Å². The van der Waals surface area contributed by atoms with Crippen LogP contribution in [0.4, 0.5) is 4.39 Å². The Kier molecular flexibility index (Phi) is 7.57. The summed E-state index contributed by atoms with van der Waals surface area (Å²) in [5.41, 5.74) is 5.79. The molecule has 0 unspecified atom stereocenters. The van der Waals surface area contributed by atoms with Gasteiger partial charge in [0.15, 0.2) is 0 Å². The van der Waals surface area contributed by atoms with Crippen LogP contribution in [0.15, 0.2) is 35.3 Å². The Balaban J connectivity index is 2.89. The fourth-order valence-electron chi connectivity index (χ4n) is 2.07. The highest BCUT2D eigenvalue weighted by atomic mass is 79.9. The van der Waals surface area contributed by atoms with Gasteiger partial charge in [-0.05, 0) is 22.2 Å². The first-order valence-corrected chi connectivity index (χ1v) is 7.93. The number of primary amides is 1. The van der Waals surface area contributed by atoms with Crippen molar-refractivity contribution in [2.24, 2.45) is 5.73 Å². The SMILES string of the molecule is C=C(Br)C[C@@H](NC(=O)[C@@H](Cc1cccc(F)c1)NC(C)=O)C(N)=O. The Labute approximate surface area is 147 Å². The van der Waals surface area contributed by atoms with Gasteiger partial charge in [-0.1, -0.05) is 34.6 Å². The fourth-order valence-corrected chi connectivity index (χ4v) is 2.39. The van der Waals surface area contributed by atoms with Gasteiger partial charge in [0.25, 0.3) is 0 Å². The van der Waals surface area contributed by atoms with Gasteiger partial charge in [-0.15, -0.1) is 0 Å². The summed E-state index contributed by atoms with van der Waals surface area (Å²) in [4.78, 5) is 35.2. The minimum Gasteiger partial charge on any atom is -0.368 e. The lowest BCUT2D eigenvalue weighted by molar-refractivity contribution is -0.130. The van der Waals surface area contributed by atoms with Gasteiger partial charge in [0.05, 0.1) is 0 Å². The standard InChI is InChI=1S/C16H19BrFN3O3/c1-9(17)6-13(15(19)23)21-16(24)14(20-10(2)22)8-11-4-3-5-12(18)7-11/h3-5,7,13-14H,1,6,8H2,2H3,(H2,19,23)(H,20,22)(H,21,24)/t13-,14-/m1/s1. The zero-order valence-electron chi connectivity index (χ0n) is 13.1. The lowest BCUT2D eigenvalue weighted by Gasteiger charge is -2.21. The zero-order valence-corrected chi connectivity index (χ0v) is 14.7. The van der Waals surface area contributed by atoms with Crippen LogP contribution in [0.3, 0.4) is 0 Å². The van der Waals surface area contributed by atoms with E-state index in [1.165, 1.54) is 25.1 Å². The summed E-state index contributed by atoms with van der Waals surface area (Å²) >= 11 is 3.11. The van der Waals surface area contributed by atoms with E-state index in [2.05, 4.69) is 33.1 Å². The van der Waals surface area contributed by atoms with Crippen LogP contribution in [-0.4, -0.2) is 29.8 Å². The number of carbonyl (C=O) groups is 3. The summed E-state index contributed by atoms with van der Waals surface area (Å²) in [6.07, 6.45) is 0.192. The highest BCUT2D eigenvalue weighted by Crippen LogP contribution is 2.11. The molecule has 0 bridgehead atoms. The second-order valence-electron chi connectivity index (χ2n) is 5.27. The van der Waals surface area contributed by atoms with Crippen LogP contribution in [0.1, 0.15) is 18.9 Å². The molecule has 0 heterocycles. The molecule has 6 nitrogen and oxygen atoms in total. The first-order valence-electron chi connectivity index (χ1n) is 7.13. The van der Waals surface area contributed by atoms with E-state index < -0.39 is 35.6 Å².